The number of nitrogens with zero attached hydrogens (tertiary/aromatic N) is 3. The van der Waals surface area contributed by atoms with Crippen molar-refractivity contribution in [3.63, 3.8) is 0 Å². The lowest BCUT2D eigenvalue weighted by Gasteiger charge is -2.26. The number of benzene rings is 1. The summed E-state index contributed by atoms with van der Waals surface area (Å²) in [5, 5.41) is 5.71. The Morgan fingerprint density at radius 3 is 2.62 bits per heavy atom. The van der Waals surface area contributed by atoms with Gasteiger partial charge < -0.3 is 0 Å². The van der Waals surface area contributed by atoms with E-state index in [1.807, 2.05) is 28.3 Å². The van der Waals surface area contributed by atoms with Crippen LogP contribution in [0, 0.1) is 0 Å². The second-order valence-corrected chi connectivity index (χ2v) is 6.63. The number of hydrogen-bond donors (Lipinski definition) is 0. The molecule has 0 spiro atoms. The molecule has 0 atom stereocenters. The quantitative estimate of drug-likeness (QED) is 0.735. The summed E-state index contributed by atoms with van der Waals surface area (Å²) in [6.45, 7) is 1.81. The van der Waals surface area contributed by atoms with E-state index in [1.165, 1.54) is 5.69 Å². The Labute approximate surface area is 139 Å². The second-order valence-electron chi connectivity index (χ2n) is 5.36. The van der Waals surface area contributed by atoms with Crippen LogP contribution >= 0.6 is 35.0 Å². The first-order valence-corrected chi connectivity index (χ1v) is 8.04. The van der Waals surface area contributed by atoms with Crippen LogP contribution in [0.15, 0.2) is 24.3 Å². The Hall–Kier alpha value is -0.740. The molecule has 1 aromatic carbocycles. The molecule has 3 rings (SSSR count). The van der Waals surface area contributed by atoms with Crippen LogP contribution in [-0.4, -0.2) is 27.3 Å². The van der Waals surface area contributed by atoms with E-state index in [0.717, 1.165) is 37.2 Å². The highest BCUT2D eigenvalue weighted by molar-refractivity contribution is 6.43. The van der Waals surface area contributed by atoms with Crippen LogP contribution in [0.1, 0.15) is 24.5 Å². The van der Waals surface area contributed by atoms with Crippen molar-refractivity contribution >= 4 is 35.0 Å². The molecule has 112 valence electrons. The van der Waals surface area contributed by atoms with Gasteiger partial charge in [0.15, 0.2) is 0 Å². The molecule has 0 amide bonds. The molecule has 0 unspecified atom stereocenters. The van der Waals surface area contributed by atoms with Gasteiger partial charge in [0, 0.05) is 37.3 Å². The summed E-state index contributed by atoms with van der Waals surface area (Å²) in [5.74, 6) is 0.490. The third kappa shape index (κ3) is 3.07. The first-order valence-electron chi connectivity index (χ1n) is 6.95. The number of hydrogen-bond acceptors (Lipinski definition) is 2. The number of aryl methyl sites for hydroxylation is 1. The van der Waals surface area contributed by atoms with Crippen molar-refractivity contribution in [1.82, 2.24) is 14.2 Å². The third-order valence-electron chi connectivity index (χ3n) is 4.00. The van der Waals surface area contributed by atoms with Gasteiger partial charge in [-0.2, -0.15) is 5.10 Å². The SMILES string of the molecule is Cn1nc(-c2cccc(Cl)c2Cl)cc1C1CCN(Cl)CC1. The maximum atomic E-state index is 6.29. The van der Waals surface area contributed by atoms with Gasteiger partial charge in [-0.05, 0) is 36.8 Å². The van der Waals surface area contributed by atoms with Crippen LogP contribution in [0.3, 0.4) is 0 Å². The lowest BCUT2D eigenvalue weighted by Crippen LogP contribution is -2.26. The fourth-order valence-corrected chi connectivity index (χ4v) is 3.43. The molecule has 1 aromatic heterocycles. The van der Waals surface area contributed by atoms with Crippen molar-refractivity contribution in [3.05, 3.63) is 40.0 Å². The number of piperidine rings is 1. The van der Waals surface area contributed by atoms with E-state index in [1.54, 1.807) is 6.07 Å². The molecule has 21 heavy (non-hydrogen) atoms. The van der Waals surface area contributed by atoms with Gasteiger partial charge in [-0.25, -0.2) is 4.42 Å². The predicted molar refractivity (Wildman–Crippen MR) is 88.1 cm³/mol. The fraction of sp³-hybridized carbons (Fsp3) is 0.400. The third-order valence-corrected chi connectivity index (χ3v) is 5.16. The van der Waals surface area contributed by atoms with Crippen LogP contribution in [0.5, 0.6) is 0 Å². The van der Waals surface area contributed by atoms with Crippen LogP contribution in [-0.2, 0) is 7.05 Å². The van der Waals surface area contributed by atoms with Crippen molar-refractivity contribution in [1.29, 1.82) is 0 Å². The molecule has 2 heterocycles. The topological polar surface area (TPSA) is 21.1 Å². The fourth-order valence-electron chi connectivity index (χ4n) is 2.84. The average molecular weight is 345 g/mol. The lowest BCUT2D eigenvalue weighted by atomic mass is 9.94. The Kier molecular flexibility index (Phi) is 4.46. The molecule has 6 heteroatoms. The van der Waals surface area contributed by atoms with Gasteiger partial charge in [0.2, 0.25) is 0 Å². The maximum absolute atomic E-state index is 6.29. The molecule has 0 bridgehead atoms. The first kappa shape index (κ1) is 15.2. The summed E-state index contributed by atoms with van der Waals surface area (Å²) in [4.78, 5) is 0. The van der Waals surface area contributed by atoms with Crippen molar-refractivity contribution < 1.29 is 0 Å². The van der Waals surface area contributed by atoms with E-state index >= 15 is 0 Å². The van der Waals surface area contributed by atoms with Crippen molar-refractivity contribution in [2.75, 3.05) is 13.1 Å². The number of aromatic nitrogens is 2. The highest BCUT2D eigenvalue weighted by atomic mass is 35.5. The predicted octanol–water partition coefficient (Wildman–Crippen LogP) is 4.73. The molecule has 0 aliphatic carbocycles. The van der Waals surface area contributed by atoms with Gasteiger partial charge >= 0.3 is 0 Å². The van der Waals surface area contributed by atoms with E-state index in [-0.39, 0.29) is 0 Å². The monoisotopic (exact) mass is 343 g/mol. The molecule has 0 radical (unpaired) electrons. The molecule has 0 saturated carbocycles. The molecule has 3 nitrogen and oxygen atoms in total. The molecule has 1 aliphatic heterocycles. The average Bonchev–Trinajstić information content (AvgIpc) is 2.84. The molecular formula is C15H16Cl3N3. The van der Waals surface area contributed by atoms with Gasteiger partial charge in [0.25, 0.3) is 0 Å². The van der Waals surface area contributed by atoms with E-state index < -0.39 is 0 Å². The highest BCUT2D eigenvalue weighted by Gasteiger charge is 2.23. The summed E-state index contributed by atoms with van der Waals surface area (Å²) in [6, 6.07) is 7.74. The summed E-state index contributed by atoms with van der Waals surface area (Å²) in [6.07, 6.45) is 2.09. The van der Waals surface area contributed by atoms with E-state index in [9.17, 15) is 0 Å². The molecular weight excluding hydrogens is 329 g/mol. The molecule has 2 aromatic rings. The second kappa shape index (κ2) is 6.17. The van der Waals surface area contributed by atoms with Crippen molar-refractivity contribution in [3.8, 4) is 11.3 Å². The van der Waals surface area contributed by atoms with Crippen LogP contribution in [0.25, 0.3) is 11.3 Å². The maximum Gasteiger partial charge on any atom is 0.0941 e. The highest BCUT2D eigenvalue weighted by Crippen LogP contribution is 2.35. The minimum atomic E-state index is 0.490. The van der Waals surface area contributed by atoms with E-state index in [0.29, 0.717) is 16.0 Å². The van der Waals surface area contributed by atoms with Gasteiger partial charge in [0.1, 0.15) is 0 Å². The Bertz CT molecular complexity index is 646. The largest absolute Gasteiger partial charge is 0.272 e. The Balaban J connectivity index is 1.92. The van der Waals surface area contributed by atoms with Crippen molar-refractivity contribution in [2.45, 2.75) is 18.8 Å². The first-order chi connectivity index (χ1) is 10.1. The van der Waals surface area contributed by atoms with E-state index in [4.69, 9.17) is 35.0 Å². The molecule has 1 saturated heterocycles. The minimum absolute atomic E-state index is 0.490. The summed E-state index contributed by atoms with van der Waals surface area (Å²) in [7, 11) is 1.98. The summed E-state index contributed by atoms with van der Waals surface area (Å²) >= 11 is 18.4. The summed E-state index contributed by atoms with van der Waals surface area (Å²) < 4.78 is 3.79. The minimum Gasteiger partial charge on any atom is -0.272 e. The molecule has 1 fully saturated rings. The molecule has 0 N–H and O–H groups in total. The summed E-state index contributed by atoms with van der Waals surface area (Å²) in [5.41, 5.74) is 2.97. The number of halogens is 3. The standard InChI is InChI=1S/C15H16Cl3N3/c1-20-14(10-5-7-21(18)8-6-10)9-13(19-20)11-3-2-4-12(16)15(11)17/h2-4,9-10H,5-8H2,1H3. The van der Waals surface area contributed by atoms with Gasteiger partial charge in [-0.3, -0.25) is 4.68 Å². The Morgan fingerprint density at radius 1 is 1.19 bits per heavy atom. The van der Waals surface area contributed by atoms with E-state index in [2.05, 4.69) is 11.2 Å². The van der Waals surface area contributed by atoms with Crippen LogP contribution in [0.4, 0.5) is 0 Å². The normalized spacial score (nSPS) is 17.3. The van der Waals surface area contributed by atoms with Gasteiger partial charge in [-0.15, -0.1) is 0 Å². The lowest BCUT2D eigenvalue weighted by molar-refractivity contribution is 0.327. The Morgan fingerprint density at radius 2 is 1.90 bits per heavy atom. The number of rotatable bonds is 2. The van der Waals surface area contributed by atoms with Gasteiger partial charge in [-0.1, -0.05) is 35.3 Å². The van der Waals surface area contributed by atoms with Crippen LogP contribution in [0.2, 0.25) is 10.0 Å². The smallest absolute Gasteiger partial charge is 0.0941 e. The molecule has 1 aliphatic rings. The van der Waals surface area contributed by atoms with Crippen molar-refractivity contribution in [2.24, 2.45) is 7.05 Å². The van der Waals surface area contributed by atoms with Gasteiger partial charge in [0.05, 0.1) is 15.7 Å². The zero-order valence-electron chi connectivity index (χ0n) is 11.7. The van der Waals surface area contributed by atoms with Crippen LogP contribution < -0.4 is 0 Å². The zero-order valence-corrected chi connectivity index (χ0v) is 14.0. The zero-order chi connectivity index (χ0) is 15.0.